The second-order valence-electron chi connectivity index (χ2n) is 7.59. The number of allylic oxidation sites excluding steroid dienone is 1. The van der Waals surface area contributed by atoms with Crippen LogP contribution in [-0.4, -0.2) is 17.5 Å². The number of hydrogen-bond acceptors (Lipinski definition) is 2. The molecular weight excluding hydrogens is 391 g/mol. The Kier molecular flexibility index (Phi) is 6.98. The van der Waals surface area contributed by atoms with E-state index in [2.05, 4.69) is 19.6 Å². The van der Waals surface area contributed by atoms with E-state index in [9.17, 15) is 9.90 Å². The number of aliphatic hydroxyl groups excluding tert-OH is 1. The molecule has 0 unspecified atom stereocenters. The van der Waals surface area contributed by atoms with Gasteiger partial charge in [0.25, 0.3) is 0 Å². The van der Waals surface area contributed by atoms with E-state index in [1.165, 1.54) is 0 Å². The largest absolute Gasteiger partial charge is 0.396 e. The molecule has 0 radical (unpaired) electrons. The summed E-state index contributed by atoms with van der Waals surface area (Å²) >= 11 is 12.4. The van der Waals surface area contributed by atoms with Gasteiger partial charge in [0.15, 0.2) is 5.78 Å². The third kappa shape index (κ3) is 4.51. The molecule has 1 fully saturated rings. The Morgan fingerprint density at radius 3 is 2.43 bits per heavy atom. The summed E-state index contributed by atoms with van der Waals surface area (Å²) in [5.74, 6) is 0.465. The number of ketones is 1. The average molecular weight is 417 g/mol. The Bertz CT molecular complexity index is 880. The van der Waals surface area contributed by atoms with Crippen LogP contribution in [0.1, 0.15) is 43.7 Å². The third-order valence-electron chi connectivity index (χ3n) is 5.83. The lowest BCUT2D eigenvalue weighted by Crippen LogP contribution is -2.24. The summed E-state index contributed by atoms with van der Waals surface area (Å²) < 4.78 is 0. The highest BCUT2D eigenvalue weighted by molar-refractivity contribution is 6.36. The summed E-state index contributed by atoms with van der Waals surface area (Å²) in [7, 11) is 0. The molecule has 0 amide bonds. The zero-order chi connectivity index (χ0) is 20.3. The smallest absolute Gasteiger partial charge is 0.165 e. The van der Waals surface area contributed by atoms with Crippen LogP contribution in [0.2, 0.25) is 10.0 Å². The van der Waals surface area contributed by atoms with Crippen LogP contribution in [0.4, 0.5) is 0 Å². The van der Waals surface area contributed by atoms with E-state index in [-0.39, 0.29) is 18.3 Å². The third-order valence-corrected chi connectivity index (χ3v) is 6.38. The van der Waals surface area contributed by atoms with Crippen molar-refractivity contribution in [1.29, 1.82) is 0 Å². The van der Waals surface area contributed by atoms with Gasteiger partial charge in [-0.3, -0.25) is 4.79 Å². The lowest BCUT2D eigenvalue weighted by molar-refractivity contribution is -0.118. The number of carbonyl (C=O) groups is 1. The van der Waals surface area contributed by atoms with Gasteiger partial charge in [0.2, 0.25) is 0 Å². The van der Waals surface area contributed by atoms with Gasteiger partial charge in [-0.05, 0) is 72.9 Å². The van der Waals surface area contributed by atoms with E-state index in [1.54, 1.807) is 6.07 Å². The molecule has 28 heavy (non-hydrogen) atoms. The first kappa shape index (κ1) is 21.1. The maximum atomic E-state index is 13.1. The number of rotatable bonds is 6. The monoisotopic (exact) mass is 416 g/mol. The van der Waals surface area contributed by atoms with Gasteiger partial charge in [-0.25, -0.2) is 0 Å². The molecule has 0 bridgehead atoms. The van der Waals surface area contributed by atoms with Crippen molar-refractivity contribution in [3.63, 3.8) is 0 Å². The van der Waals surface area contributed by atoms with Crippen LogP contribution in [0.5, 0.6) is 0 Å². The van der Waals surface area contributed by atoms with Crippen LogP contribution in [0, 0.1) is 11.8 Å². The predicted octanol–water partition coefficient (Wildman–Crippen LogP) is 6.60. The molecule has 1 aliphatic carbocycles. The molecule has 1 saturated carbocycles. The molecule has 1 N–H and O–H groups in total. The highest BCUT2D eigenvalue weighted by Gasteiger charge is 2.28. The quantitative estimate of drug-likeness (QED) is 0.538. The van der Waals surface area contributed by atoms with Crippen LogP contribution in [0.3, 0.4) is 0 Å². The van der Waals surface area contributed by atoms with E-state index in [0.717, 1.165) is 54.4 Å². The number of halogens is 2. The van der Waals surface area contributed by atoms with Gasteiger partial charge in [0.1, 0.15) is 0 Å². The predicted molar refractivity (Wildman–Crippen MR) is 118 cm³/mol. The van der Waals surface area contributed by atoms with Crippen molar-refractivity contribution in [2.75, 3.05) is 6.61 Å². The fourth-order valence-corrected chi connectivity index (χ4v) is 4.56. The van der Waals surface area contributed by atoms with E-state index in [4.69, 9.17) is 23.2 Å². The minimum atomic E-state index is 0.00258. The van der Waals surface area contributed by atoms with Crippen molar-refractivity contribution < 1.29 is 9.90 Å². The second-order valence-corrected chi connectivity index (χ2v) is 8.44. The molecule has 0 heterocycles. The highest BCUT2D eigenvalue weighted by atomic mass is 35.5. The fourth-order valence-electron chi connectivity index (χ4n) is 4.04. The minimum Gasteiger partial charge on any atom is -0.396 e. The van der Waals surface area contributed by atoms with E-state index >= 15 is 0 Å². The van der Waals surface area contributed by atoms with Gasteiger partial charge in [-0.2, -0.15) is 0 Å². The Labute approximate surface area is 177 Å². The second kappa shape index (κ2) is 9.26. The zero-order valence-electron chi connectivity index (χ0n) is 16.2. The SMILES string of the molecule is C=C(C(=O)C1CCC(CO)CC1)c1cc(-c2ccc(Cl)cc2Cl)ccc1CC. The Morgan fingerprint density at radius 1 is 1.11 bits per heavy atom. The molecule has 148 valence electrons. The van der Waals surface area contributed by atoms with Crippen molar-refractivity contribution in [3.05, 3.63) is 64.1 Å². The van der Waals surface area contributed by atoms with Gasteiger partial charge < -0.3 is 5.11 Å². The lowest BCUT2D eigenvalue weighted by atomic mass is 9.77. The number of aliphatic hydroxyl groups is 1. The molecule has 0 atom stereocenters. The summed E-state index contributed by atoms with van der Waals surface area (Å²) in [5.41, 5.74) is 4.43. The first-order valence-electron chi connectivity index (χ1n) is 9.87. The Hall–Kier alpha value is -1.61. The van der Waals surface area contributed by atoms with Crippen LogP contribution >= 0.6 is 23.2 Å². The summed E-state index contributed by atoms with van der Waals surface area (Å²) in [6.07, 6.45) is 4.29. The average Bonchev–Trinajstić information content (AvgIpc) is 2.72. The van der Waals surface area contributed by atoms with Gasteiger partial charge in [0, 0.05) is 33.7 Å². The van der Waals surface area contributed by atoms with Gasteiger partial charge in [-0.1, -0.05) is 54.9 Å². The van der Waals surface area contributed by atoms with E-state index in [0.29, 0.717) is 21.5 Å². The fraction of sp³-hybridized carbons (Fsp3) is 0.375. The molecule has 4 heteroatoms. The number of Topliss-reactive ketones (excluding diaryl/α,β-unsaturated/α-hetero) is 1. The van der Waals surface area contributed by atoms with E-state index < -0.39 is 0 Å². The molecule has 2 nitrogen and oxygen atoms in total. The normalized spacial score (nSPS) is 19.4. The Morgan fingerprint density at radius 2 is 1.82 bits per heavy atom. The van der Waals surface area contributed by atoms with Crippen molar-refractivity contribution in [1.82, 2.24) is 0 Å². The maximum Gasteiger partial charge on any atom is 0.165 e. The standard InChI is InChI=1S/C24H26Cl2O2/c1-3-17-8-9-19(21-11-10-20(25)13-23(21)26)12-22(17)15(2)24(28)18-6-4-16(14-27)5-7-18/h8-13,16,18,27H,2-7,14H2,1H3. The maximum absolute atomic E-state index is 13.1. The molecule has 0 aliphatic heterocycles. The molecule has 1 aliphatic rings. The van der Waals surface area contributed by atoms with Crippen LogP contribution in [0.25, 0.3) is 16.7 Å². The number of benzene rings is 2. The van der Waals surface area contributed by atoms with Crippen molar-refractivity contribution in [3.8, 4) is 11.1 Å². The number of carbonyl (C=O) groups excluding carboxylic acids is 1. The molecule has 2 aromatic carbocycles. The molecule has 0 saturated heterocycles. The number of aryl methyl sites for hydroxylation is 1. The molecule has 3 rings (SSSR count). The molecule has 2 aromatic rings. The van der Waals surface area contributed by atoms with Crippen LogP contribution in [0.15, 0.2) is 43.0 Å². The van der Waals surface area contributed by atoms with Gasteiger partial charge >= 0.3 is 0 Å². The molecule has 0 spiro atoms. The van der Waals surface area contributed by atoms with Gasteiger partial charge in [0.05, 0.1) is 0 Å². The van der Waals surface area contributed by atoms with Gasteiger partial charge in [-0.15, -0.1) is 0 Å². The Balaban J connectivity index is 1.89. The molecular formula is C24H26Cl2O2. The van der Waals surface area contributed by atoms with Crippen molar-refractivity contribution in [2.24, 2.45) is 11.8 Å². The van der Waals surface area contributed by atoms with E-state index in [1.807, 2.05) is 24.3 Å². The highest BCUT2D eigenvalue weighted by Crippen LogP contribution is 2.36. The lowest BCUT2D eigenvalue weighted by Gasteiger charge is -2.27. The number of hydrogen-bond donors (Lipinski definition) is 1. The van der Waals surface area contributed by atoms with Crippen molar-refractivity contribution in [2.45, 2.75) is 39.0 Å². The molecule has 0 aromatic heterocycles. The summed E-state index contributed by atoms with van der Waals surface area (Å²) in [6, 6.07) is 11.5. The van der Waals surface area contributed by atoms with Crippen molar-refractivity contribution >= 4 is 34.6 Å². The summed E-state index contributed by atoms with van der Waals surface area (Å²) in [5, 5.41) is 10.5. The zero-order valence-corrected chi connectivity index (χ0v) is 17.7. The first-order valence-corrected chi connectivity index (χ1v) is 10.6. The summed E-state index contributed by atoms with van der Waals surface area (Å²) in [6.45, 7) is 6.46. The first-order chi connectivity index (χ1) is 13.4. The topological polar surface area (TPSA) is 37.3 Å². The van der Waals surface area contributed by atoms with Crippen LogP contribution in [-0.2, 0) is 11.2 Å². The summed E-state index contributed by atoms with van der Waals surface area (Å²) in [4.78, 5) is 13.1. The van der Waals surface area contributed by atoms with Crippen LogP contribution < -0.4 is 0 Å². The minimum absolute atomic E-state index is 0.00258.